The lowest BCUT2D eigenvalue weighted by molar-refractivity contribution is -0.140. The van der Waals surface area contributed by atoms with Crippen molar-refractivity contribution < 1.29 is 26.7 Å². The first kappa shape index (κ1) is 24.8. The zero-order valence-electron chi connectivity index (χ0n) is 20.3. The molecule has 39 heavy (non-hydrogen) atoms. The van der Waals surface area contributed by atoms with Gasteiger partial charge in [0.05, 0.1) is 17.6 Å². The minimum absolute atomic E-state index is 0.0758. The number of aromatic nitrogens is 8. The van der Waals surface area contributed by atoms with Gasteiger partial charge in [-0.15, -0.1) is 0 Å². The molecule has 9 nitrogen and oxygen atoms in total. The van der Waals surface area contributed by atoms with Crippen LogP contribution in [0.25, 0.3) is 28.1 Å². The third kappa shape index (κ3) is 4.77. The SMILES string of the molecule is Cn1cc(C(F)(F)F)nc1-c1ccc(Cc2nn(-c3c(OC(F)F)ncnc3C3CC3)c3cncnc23)cc1. The first-order chi connectivity index (χ1) is 18.7. The zero-order chi connectivity index (χ0) is 27.3. The van der Waals surface area contributed by atoms with Crippen molar-refractivity contribution in [3.63, 3.8) is 0 Å². The van der Waals surface area contributed by atoms with E-state index in [9.17, 15) is 22.0 Å². The average molecular weight is 542 g/mol. The monoisotopic (exact) mass is 542 g/mol. The maximum Gasteiger partial charge on any atom is 0.434 e. The largest absolute Gasteiger partial charge is 0.434 e. The number of nitrogens with zero attached hydrogens (tertiary/aromatic N) is 8. The second-order valence-corrected chi connectivity index (χ2v) is 9.11. The molecular formula is C25H19F5N8O. The summed E-state index contributed by atoms with van der Waals surface area (Å²) in [4.78, 5) is 20.4. The van der Waals surface area contributed by atoms with Gasteiger partial charge in [-0.05, 0) is 18.4 Å². The molecular weight excluding hydrogens is 523 g/mol. The summed E-state index contributed by atoms with van der Waals surface area (Å²) in [5.41, 5.74) is 2.62. The first-order valence-electron chi connectivity index (χ1n) is 11.9. The molecule has 200 valence electrons. The number of ether oxygens (including phenoxy) is 1. The second-order valence-electron chi connectivity index (χ2n) is 9.11. The molecule has 1 fully saturated rings. The van der Waals surface area contributed by atoms with Gasteiger partial charge in [0, 0.05) is 31.1 Å². The highest BCUT2D eigenvalue weighted by molar-refractivity contribution is 5.79. The number of alkyl halides is 5. The molecule has 0 radical (unpaired) electrons. The molecule has 0 amide bonds. The van der Waals surface area contributed by atoms with E-state index in [1.807, 2.05) is 0 Å². The van der Waals surface area contributed by atoms with E-state index in [0.29, 0.717) is 34.4 Å². The Labute approximate surface area is 217 Å². The molecule has 6 rings (SSSR count). The van der Waals surface area contributed by atoms with Gasteiger partial charge >= 0.3 is 12.8 Å². The molecule has 4 heterocycles. The highest BCUT2D eigenvalue weighted by Gasteiger charge is 2.35. The highest BCUT2D eigenvalue weighted by Crippen LogP contribution is 2.44. The number of benzene rings is 1. The molecule has 5 aromatic rings. The molecule has 0 unspecified atom stereocenters. The van der Waals surface area contributed by atoms with E-state index in [0.717, 1.165) is 24.6 Å². The van der Waals surface area contributed by atoms with E-state index in [-0.39, 0.29) is 23.3 Å². The summed E-state index contributed by atoms with van der Waals surface area (Å²) in [5, 5.41) is 4.69. The van der Waals surface area contributed by atoms with Crippen LogP contribution in [0.2, 0.25) is 0 Å². The van der Waals surface area contributed by atoms with E-state index < -0.39 is 18.5 Å². The minimum Gasteiger partial charge on any atom is -0.414 e. The maximum atomic E-state index is 13.2. The molecule has 1 aromatic carbocycles. The van der Waals surface area contributed by atoms with Crippen molar-refractivity contribution in [2.75, 3.05) is 0 Å². The predicted molar refractivity (Wildman–Crippen MR) is 127 cm³/mol. The summed E-state index contributed by atoms with van der Waals surface area (Å²) in [7, 11) is 1.50. The van der Waals surface area contributed by atoms with Crippen LogP contribution in [0.1, 0.15) is 41.4 Å². The number of imidazole rings is 1. The number of hydrogen-bond acceptors (Lipinski definition) is 7. The lowest BCUT2D eigenvalue weighted by Gasteiger charge is -2.13. The quantitative estimate of drug-likeness (QED) is 0.264. The number of halogens is 5. The summed E-state index contributed by atoms with van der Waals surface area (Å²) in [6.07, 6.45) is 2.49. The number of aryl methyl sites for hydroxylation is 1. The van der Waals surface area contributed by atoms with Gasteiger partial charge in [0.2, 0.25) is 5.88 Å². The van der Waals surface area contributed by atoms with Crippen molar-refractivity contribution in [2.45, 2.75) is 38.0 Å². The van der Waals surface area contributed by atoms with Crippen molar-refractivity contribution in [1.29, 1.82) is 0 Å². The van der Waals surface area contributed by atoms with E-state index >= 15 is 0 Å². The van der Waals surface area contributed by atoms with Crippen LogP contribution in [0.15, 0.2) is 49.3 Å². The Kier molecular flexibility index (Phi) is 5.96. The van der Waals surface area contributed by atoms with E-state index in [1.165, 1.54) is 35.1 Å². The van der Waals surface area contributed by atoms with Crippen LogP contribution in [0.4, 0.5) is 22.0 Å². The Bertz CT molecular complexity index is 1660. The van der Waals surface area contributed by atoms with Gasteiger partial charge in [-0.25, -0.2) is 24.6 Å². The van der Waals surface area contributed by atoms with Crippen LogP contribution in [-0.4, -0.2) is 45.9 Å². The fourth-order valence-corrected chi connectivity index (χ4v) is 4.45. The van der Waals surface area contributed by atoms with Gasteiger partial charge in [-0.2, -0.15) is 32.0 Å². The van der Waals surface area contributed by atoms with Gasteiger partial charge in [0.1, 0.15) is 35.2 Å². The third-order valence-electron chi connectivity index (χ3n) is 6.36. The van der Waals surface area contributed by atoms with E-state index in [4.69, 9.17) is 4.74 Å². The molecule has 0 N–H and O–H groups in total. The predicted octanol–water partition coefficient (Wildman–Crippen LogP) is 5.09. The van der Waals surface area contributed by atoms with Crippen LogP contribution < -0.4 is 4.74 Å². The van der Waals surface area contributed by atoms with Gasteiger partial charge in [-0.1, -0.05) is 24.3 Å². The van der Waals surface area contributed by atoms with Crippen LogP contribution >= 0.6 is 0 Å². The normalized spacial score (nSPS) is 13.9. The number of hydrogen-bond donors (Lipinski definition) is 0. The van der Waals surface area contributed by atoms with Gasteiger partial charge in [0.25, 0.3) is 0 Å². The Morgan fingerprint density at radius 1 is 1.05 bits per heavy atom. The summed E-state index contributed by atoms with van der Waals surface area (Å²) in [6, 6.07) is 6.87. The smallest absolute Gasteiger partial charge is 0.414 e. The molecule has 1 aliphatic carbocycles. The molecule has 14 heteroatoms. The van der Waals surface area contributed by atoms with Crippen molar-refractivity contribution >= 4 is 11.0 Å². The zero-order valence-corrected chi connectivity index (χ0v) is 20.3. The maximum absolute atomic E-state index is 13.2. The van der Waals surface area contributed by atoms with Crippen molar-refractivity contribution in [3.8, 4) is 23.0 Å². The van der Waals surface area contributed by atoms with Crippen LogP contribution in [0, 0.1) is 0 Å². The summed E-state index contributed by atoms with van der Waals surface area (Å²) >= 11 is 0. The average Bonchev–Trinajstić information content (AvgIpc) is 3.58. The van der Waals surface area contributed by atoms with Gasteiger partial charge < -0.3 is 9.30 Å². The Morgan fingerprint density at radius 2 is 1.82 bits per heavy atom. The first-order valence-corrected chi connectivity index (χ1v) is 11.9. The fraction of sp³-hybridized carbons (Fsp3) is 0.280. The molecule has 0 saturated heterocycles. The van der Waals surface area contributed by atoms with Crippen molar-refractivity contribution in [1.82, 2.24) is 39.3 Å². The number of fused-ring (bicyclic) bond motifs is 1. The Morgan fingerprint density at radius 3 is 2.49 bits per heavy atom. The molecule has 4 aromatic heterocycles. The molecule has 0 atom stereocenters. The second kappa shape index (κ2) is 9.36. The molecule has 0 spiro atoms. The van der Waals surface area contributed by atoms with Gasteiger partial charge in [-0.3, -0.25) is 0 Å². The lowest BCUT2D eigenvalue weighted by atomic mass is 10.1. The molecule has 0 aliphatic heterocycles. The summed E-state index contributed by atoms with van der Waals surface area (Å²) in [5.74, 6) is -0.0363. The van der Waals surface area contributed by atoms with Crippen molar-refractivity contribution in [2.24, 2.45) is 7.05 Å². The van der Waals surface area contributed by atoms with E-state index in [1.54, 1.807) is 24.3 Å². The standard InChI is InChI=1S/C25H19F5N8O/c1-37-10-18(25(28,29)30)35-22(37)15-4-2-13(3-5-15)8-16-20-17(9-31-11-32-20)38(36-16)21-19(14-6-7-14)33-12-34-23(21)39-24(26)27/h2-5,9-12,14,24H,6-8H2,1H3. The Balaban J connectivity index is 1.37. The summed E-state index contributed by atoms with van der Waals surface area (Å²) in [6.45, 7) is -3.09. The van der Waals surface area contributed by atoms with E-state index in [2.05, 4.69) is 30.0 Å². The minimum atomic E-state index is -4.54. The fourth-order valence-electron chi connectivity index (χ4n) is 4.45. The summed E-state index contributed by atoms with van der Waals surface area (Å²) < 4.78 is 73.1. The topological polar surface area (TPSA) is 96.4 Å². The molecule has 1 aliphatic rings. The third-order valence-corrected chi connectivity index (χ3v) is 6.36. The number of rotatable bonds is 7. The highest BCUT2D eigenvalue weighted by atomic mass is 19.4. The van der Waals surface area contributed by atoms with Gasteiger partial charge in [0.15, 0.2) is 5.69 Å². The molecule has 1 saturated carbocycles. The van der Waals surface area contributed by atoms with Crippen LogP contribution in [0.5, 0.6) is 5.88 Å². The van der Waals surface area contributed by atoms with Crippen LogP contribution in [-0.2, 0) is 19.6 Å². The lowest BCUT2D eigenvalue weighted by Crippen LogP contribution is -2.12. The van der Waals surface area contributed by atoms with Crippen molar-refractivity contribution in [3.05, 3.63) is 72.0 Å². The Hall–Kier alpha value is -4.49. The van der Waals surface area contributed by atoms with Crippen LogP contribution in [0.3, 0.4) is 0 Å². The molecule has 0 bridgehead atoms.